The molecule has 0 saturated carbocycles. The van der Waals surface area contributed by atoms with Crippen LogP contribution in [0.2, 0.25) is 0 Å². The number of piperazine rings is 1. The number of carbonyl (C=O) groups is 1. The molecule has 1 amide bonds. The fourth-order valence-corrected chi connectivity index (χ4v) is 4.67. The van der Waals surface area contributed by atoms with Crippen molar-refractivity contribution in [1.29, 1.82) is 0 Å². The molecular formula is C27H28N8O2. The SMILES string of the molecule is CCn1cc2c(N3CCNCC3)ccc(C(=O)Nc3cn4cc(C)nc4c(Oc4ccccc4)n3)c2n1. The Morgan fingerprint density at radius 3 is 2.65 bits per heavy atom. The van der Waals surface area contributed by atoms with Gasteiger partial charge in [0.15, 0.2) is 5.82 Å². The molecule has 2 N–H and O–H groups in total. The maximum atomic E-state index is 13.5. The first-order chi connectivity index (χ1) is 18.1. The van der Waals surface area contributed by atoms with Gasteiger partial charge in [0.25, 0.3) is 11.8 Å². The summed E-state index contributed by atoms with van der Waals surface area (Å²) in [6, 6.07) is 13.3. The van der Waals surface area contributed by atoms with Crippen LogP contribution in [0.1, 0.15) is 23.0 Å². The summed E-state index contributed by atoms with van der Waals surface area (Å²) in [4.78, 5) is 25.0. The van der Waals surface area contributed by atoms with E-state index < -0.39 is 0 Å². The van der Waals surface area contributed by atoms with Crippen molar-refractivity contribution in [3.63, 3.8) is 0 Å². The largest absolute Gasteiger partial charge is 0.436 e. The van der Waals surface area contributed by atoms with Crippen LogP contribution >= 0.6 is 0 Å². The van der Waals surface area contributed by atoms with Crippen LogP contribution in [0.15, 0.2) is 61.1 Å². The summed E-state index contributed by atoms with van der Waals surface area (Å²) in [5.74, 6) is 1.02. The molecule has 1 aliphatic rings. The molecule has 4 heterocycles. The van der Waals surface area contributed by atoms with Gasteiger partial charge in [0.1, 0.15) is 11.3 Å². The minimum absolute atomic E-state index is 0.285. The predicted octanol–water partition coefficient (Wildman–Crippen LogP) is 3.86. The van der Waals surface area contributed by atoms with E-state index in [9.17, 15) is 4.79 Å². The molecule has 10 heteroatoms. The first-order valence-electron chi connectivity index (χ1n) is 12.5. The van der Waals surface area contributed by atoms with E-state index >= 15 is 0 Å². The highest BCUT2D eigenvalue weighted by Crippen LogP contribution is 2.30. The molecule has 0 atom stereocenters. The highest BCUT2D eigenvalue weighted by molar-refractivity contribution is 6.13. The van der Waals surface area contributed by atoms with Gasteiger partial charge in [0.2, 0.25) is 5.65 Å². The Morgan fingerprint density at radius 2 is 1.86 bits per heavy atom. The Hall–Kier alpha value is -4.44. The Bertz CT molecular complexity index is 1580. The number of aromatic nitrogens is 5. The number of amides is 1. The zero-order valence-corrected chi connectivity index (χ0v) is 20.8. The third-order valence-corrected chi connectivity index (χ3v) is 6.45. The van der Waals surface area contributed by atoms with Gasteiger partial charge in [-0.15, -0.1) is 0 Å². The second-order valence-corrected chi connectivity index (χ2v) is 9.03. The molecule has 0 spiro atoms. The Labute approximate surface area is 213 Å². The van der Waals surface area contributed by atoms with Crippen LogP contribution in [0.4, 0.5) is 11.5 Å². The monoisotopic (exact) mass is 496 g/mol. The quantitative estimate of drug-likeness (QED) is 0.368. The van der Waals surface area contributed by atoms with E-state index in [-0.39, 0.29) is 5.91 Å². The van der Waals surface area contributed by atoms with Gasteiger partial charge in [0.05, 0.1) is 17.5 Å². The molecule has 5 aromatic rings. The molecule has 0 radical (unpaired) electrons. The average molecular weight is 497 g/mol. The van der Waals surface area contributed by atoms with Crippen molar-refractivity contribution >= 4 is 34.0 Å². The van der Waals surface area contributed by atoms with Gasteiger partial charge < -0.3 is 20.3 Å². The summed E-state index contributed by atoms with van der Waals surface area (Å²) in [5, 5.41) is 12.0. The predicted molar refractivity (Wildman–Crippen MR) is 143 cm³/mol. The van der Waals surface area contributed by atoms with Crippen LogP contribution in [-0.4, -0.2) is 56.2 Å². The normalized spacial score (nSPS) is 13.8. The average Bonchev–Trinajstić information content (AvgIpc) is 3.52. The summed E-state index contributed by atoms with van der Waals surface area (Å²) in [7, 11) is 0. The van der Waals surface area contributed by atoms with Gasteiger partial charge in [-0.3, -0.25) is 13.9 Å². The minimum Gasteiger partial charge on any atom is -0.436 e. The first-order valence-corrected chi connectivity index (χ1v) is 12.5. The first kappa shape index (κ1) is 23.0. The van der Waals surface area contributed by atoms with Crippen molar-refractivity contribution in [2.24, 2.45) is 0 Å². The number of benzene rings is 2. The number of rotatable bonds is 6. The van der Waals surface area contributed by atoms with E-state index in [1.807, 2.05) is 77.8 Å². The van der Waals surface area contributed by atoms with E-state index in [2.05, 4.69) is 25.5 Å². The highest BCUT2D eigenvalue weighted by atomic mass is 16.5. The van der Waals surface area contributed by atoms with E-state index in [0.29, 0.717) is 34.2 Å². The zero-order chi connectivity index (χ0) is 25.4. The smallest absolute Gasteiger partial charge is 0.265 e. The number of nitrogens with zero attached hydrogens (tertiary/aromatic N) is 6. The number of ether oxygens (including phenoxy) is 1. The molecular weight excluding hydrogens is 468 g/mol. The summed E-state index contributed by atoms with van der Waals surface area (Å²) in [6.45, 7) is 8.35. The Balaban J connectivity index is 1.36. The van der Waals surface area contributed by atoms with E-state index in [1.165, 1.54) is 0 Å². The van der Waals surface area contributed by atoms with Crippen LogP contribution in [0.5, 0.6) is 11.6 Å². The van der Waals surface area contributed by atoms with Crippen molar-refractivity contribution in [1.82, 2.24) is 29.5 Å². The summed E-state index contributed by atoms with van der Waals surface area (Å²) < 4.78 is 9.72. The molecule has 3 aromatic heterocycles. The molecule has 0 unspecified atom stereocenters. The Kier molecular flexibility index (Phi) is 5.93. The van der Waals surface area contributed by atoms with Crippen molar-refractivity contribution in [2.75, 3.05) is 36.4 Å². The van der Waals surface area contributed by atoms with Crippen LogP contribution in [-0.2, 0) is 6.54 Å². The molecule has 1 aliphatic heterocycles. The lowest BCUT2D eigenvalue weighted by atomic mass is 10.1. The van der Waals surface area contributed by atoms with Crippen molar-refractivity contribution in [2.45, 2.75) is 20.4 Å². The molecule has 10 nitrogen and oxygen atoms in total. The standard InChI is InChI=1S/C27H28N8O2/c1-3-35-16-21-22(33-13-11-28-12-14-33)10-9-20(24(21)32-35)26(36)30-23-17-34-15-18(2)29-25(34)27(31-23)37-19-7-5-4-6-8-19/h4-10,15-17,28H,3,11-14H2,1-2H3,(H,30,36). The summed E-state index contributed by atoms with van der Waals surface area (Å²) >= 11 is 0. The fraction of sp³-hybridized carbons (Fsp3) is 0.259. The zero-order valence-electron chi connectivity index (χ0n) is 20.8. The number of aryl methyl sites for hydroxylation is 2. The second-order valence-electron chi connectivity index (χ2n) is 9.03. The molecule has 0 bridgehead atoms. The number of fused-ring (bicyclic) bond motifs is 2. The lowest BCUT2D eigenvalue weighted by Gasteiger charge is -2.30. The summed E-state index contributed by atoms with van der Waals surface area (Å²) in [5.41, 5.74) is 3.66. The lowest BCUT2D eigenvalue weighted by Crippen LogP contribution is -2.43. The van der Waals surface area contributed by atoms with E-state index in [4.69, 9.17) is 9.84 Å². The molecule has 6 rings (SSSR count). The van der Waals surface area contributed by atoms with Crippen LogP contribution < -0.4 is 20.3 Å². The molecule has 1 fully saturated rings. The lowest BCUT2D eigenvalue weighted by molar-refractivity contribution is 0.102. The van der Waals surface area contributed by atoms with Gasteiger partial charge in [-0.2, -0.15) is 10.1 Å². The van der Waals surface area contributed by atoms with E-state index in [1.54, 1.807) is 6.20 Å². The van der Waals surface area contributed by atoms with E-state index in [0.717, 1.165) is 49.5 Å². The van der Waals surface area contributed by atoms with Crippen LogP contribution in [0, 0.1) is 6.92 Å². The maximum Gasteiger partial charge on any atom is 0.265 e. The van der Waals surface area contributed by atoms with Crippen LogP contribution in [0.3, 0.4) is 0 Å². The number of hydrogen-bond acceptors (Lipinski definition) is 7. The Morgan fingerprint density at radius 1 is 1.05 bits per heavy atom. The fourth-order valence-electron chi connectivity index (χ4n) is 4.67. The number of anilines is 2. The number of carbonyl (C=O) groups excluding carboxylic acids is 1. The van der Waals surface area contributed by atoms with Gasteiger partial charge >= 0.3 is 0 Å². The van der Waals surface area contributed by atoms with Crippen LogP contribution in [0.25, 0.3) is 16.6 Å². The van der Waals surface area contributed by atoms with Gasteiger partial charge in [-0.25, -0.2) is 4.98 Å². The molecule has 0 aliphatic carbocycles. The van der Waals surface area contributed by atoms with Crippen molar-refractivity contribution in [3.05, 3.63) is 72.3 Å². The highest BCUT2D eigenvalue weighted by Gasteiger charge is 2.21. The topological polar surface area (TPSA) is 102 Å². The van der Waals surface area contributed by atoms with Gasteiger partial charge in [-0.05, 0) is 38.1 Å². The second kappa shape index (κ2) is 9.55. The third-order valence-electron chi connectivity index (χ3n) is 6.45. The van der Waals surface area contributed by atoms with Gasteiger partial charge in [-0.1, -0.05) is 18.2 Å². The number of para-hydroxylation sites is 1. The summed E-state index contributed by atoms with van der Waals surface area (Å²) in [6.07, 6.45) is 5.63. The molecule has 188 valence electrons. The maximum absolute atomic E-state index is 13.5. The van der Waals surface area contributed by atoms with Crippen molar-refractivity contribution < 1.29 is 9.53 Å². The molecule has 2 aromatic carbocycles. The third kappa shape index (κ3) is 4.47. The van der Waals surface area contributed by atoms with Crippen molar-refractivity contribution in [3.8, 4) is 11.6 Å². The minimum atomic E-state index is -0.285. The van der Waals surface area contributed by atoms with Gasteiger partial charge in [0, 0.05) is 56.2 Å². The molecule has 37 heavy (non-hydrogen) atoms. The molecule has 1 saturated heterocycles. The number of hydrogen-bond donors (Lipinski definition) is 2. The number of nitrogens with one attached hydrogen (secondary N) is 2. The number of imidazole rings is 1.